The topological polar surface area (TPSA) is 69.3 Å². The molecule has 28 heavy (non-hydrogen) atoms. The van der Waals surface area contributed by atoms with E-state index in [9.17, 15) is 4.79 Å². The Balaban J connectivity index is 1.45. The van der Waals surface area contributed by atoms with Gasteiger partial charge in [-0.1, -0.05) is 23.9 Å². The minimum absolute atomic E-state index is 0.0464. The Labute approximate surface area is 169 Å². The molecule has 148 valence electrons. The van der Waals surface area contributed by atoms with E-state index in [4.69, 9.17) is 9.15 Å². The number of aromatic nitrogens is 2. The number of rotatable bonds is 9. The monoisotopic (exact) mass is 399 g/mol. The zero-order valence-electron chi connectivity index (χ0n) is 16.3. The Morgan fingerprint density at radius 3 is 2.75 bits per heavy atom. The van der Waals surface area contributed by atoms with Crippen LogP contribution in [-0.4, -0.2) is 28.6 Å². The van der Waals surface area contributed by atoms with Crippen LogP contribution >= 0.6 is 11.8 Å². The number of imidazole rings is 1. The highest BCUT2D eigenvalue weighted by Gasteiger charge is 2.14. The number of furan rings is 1. The van der Waals surface area contributed by atoms with Crippen LogP contribution in [0.15, 0.2) is 58.4 Å². The van der Waals surface area contributed by atoms with E-state index in [0.717, 1.165) is 29.5 Å². The summed E-state index contributed by atoms with van der Waals surface area (Å²) >= 11 is 1.57. The Morgan fingerprint density at radius 1 is 1.29 bits per heavy atom. The van der Waals surface area contributed by atoms with E-state index in [0.29, 0.717) is 11.5 Å². The SMILES string of the molecule is COc1ccc(CCC(C)NC(=O)c2ccc(CSc3nccn3C)o2)cc1. The zero-order valence-corrected chi connectivity index (χ0v) is 17.2. The van der Waals surface area contributed by atoms with Gasteiger partial charge in [-0.25, -0.2) is 4.98 Å². The summed E-state index contributed by atoms with van der Waals surface area (Å²) in [5.41, 5.74) is 1.22. The average molecular weight is 400 g/mol. The lowest BCUT2D eigenvalue weighted by Crippen LogP contribution is -2.32. The molecule has 1 unspecified atom stereocenters. The molecule has 1 N–H and O–H groups in total. The maximum Gasteiger partial charge on any atom is 0.287 e. The largest absolute Gasteiger partial charge is 0.497 e. The summed E-state index contributed by atoms with van der Waals surface area (Å²) < 4.78 is 12.8. The second-order valence-corrected chi connectivity index (χ2v) is 7.58. The molecule has 2 aromatic heterocycles. The van der Waals surface area contributed by atoms with Gasteiger partial charge >= 0.3 is 0 Å². The highest BCUT2D eigenvalue weighted by atomic mass is 32.2. The molecular weight excluding hydrogens is 374 g/mol. The summed E-state index contributed by atoms with van der Waals surface area (Å²) in [5, 5.41) is 3.91. The van der Waals surface area contributed by atoms with E-state index < -0.39 is 0 Å². The fourth-order valence-electron chi connectivity index (χ4n) is 2.75. The molecule has 2 heterocycles. The van der Waals surface area contributed by atoms with Gasteiger partial charge in [0.1, 0.15) is 11.5 Å². The van der Waals surface area contributed by atoms with Crippen LogP contribution in [0.1, 0.15) is 35.2 Å². The van der Waals surface area contributed by atoms with Crippen LogP contribution in [0.25, 0.3) is 0 Å². The number of methoxy groups -OCH3 is 1. The number of thioether (sulfide) groups is 1. The maximum atomic E-state index is 12.4. The van der Waals surface area contributed by atoms with Gasteiger partial charge in [-0.15, -0.1) is 0 Å². The van der Waals surface area contributed by atoms with Crippen molar-refractivity contribution in [1.82, 2.24) is 14.9 Å². The number of ether oxygens (including phenoxy) is 1. The van der Waals surface area contributed by atoms with Crippen LogP contribution in [0.4, 0.5) is 0 Å². The highest BCUT2D eigenvalue weighted by Crippen LogP contribution is 2.22. The van der Waals surface area contributed by atoms with Crippen molar-refractivity contribution in [3.63, 3.8) is 0 Å². The first-order chi connectivity index (χ1) is 13.5. The van der Waals surface area contributed by atoms with E-state index in [2.05, 4.69) is 10.3 Å². The fraction of sp³-hybridized carbons (Fsp3) is 0.333. The molecule has 1 aromatic carbocycles. The van der Waals surface area contributed by atoms with E-state index in [1.807, 2.05) is 55.1 Å². The van der Waals surface area contributed by atoms with Gasteiger partial charge in [-0.05, 0) is 49.6 Å². The Morgan fingerprint density at radius 2 is 2.07 bits per heavy atom. The van der Waals surface area contributed by atoms with Crippen molar-refractivity contribution in [1.29, 1.82) is 0 Å². The number of hydrogen-bond acceptors (Lipinski definition) is 5. The summed E-state index contributed by atoms with van der Waals surface area (Å²) in [7, 11) is 3.60. The van der Waals surface area contributed by atoms with Crippen LogP contribution in [0.2, 0.25) is 0 Å². The summed E-state index contributed by atoms with van der Waals surface area (Å²) in [4.78, 5) is 16.7. The van der Waals surface area contributed by atoms with Crippen molar-refractivity contribution < 1.29 is 13.9 Å². The first-order valence-electron chi connectivity index (χ1n) is 9.18. The number of carbonyl (C=O) groups is 1. The lowest BCUT2D eigenvalue weighted by molar-refractivity contribution is 0.0909. The summed E-state index contributed by atoms with van der Waals surface area (Å²) in [5.74, 6) is 2.39. The first-order valence-corrected chi connectivity index (χ1v) is 10.2. The quantitative estimate of drug-likeness (QED) is 0.550. The van der Waals surface area contributed by atoms with Crippen LogP contribution in [0.5, 0.6) is 5.75 Å². The smallest absolute Gasteiger partial charge is 0.287 e. The summed E-state index contributed by atoms with van der Waals surface area (Å²) in [6, 6.07) is 11.6. The van der Waals surface area contributed by atoms with Gasteiger partial charge in [-0.2, -0.15) is 0 Å². The molecule has 0 saturated carbocycles. The molecule has 0 radical (unpaired) electrons. The van der Waals surface area contributed by atoms with Crippen LogP contribution in [-0.2, 0) is 19.2 Å². The summed E-state index contributed by atoms with van der Waals surface area (Å²) in [6.07, 6.45) is 5.39. The van der Waals surface area contributed by atoms with Gasteiger partial charge in [0.05, 0.1) is 12.9 Å². The van der Waals surface area contributed by atoms with Gasteiger partial charge in [0, 0.05) is 25.5 Å². The Bertz CT molecular complexity index is 902. The van der Waals surface area contributed by atoms with Crippen molar-refractivity contribution in [3.8, 4) is 5.75 Å². The molecule has 3 aromatic rings. The molecule has 0 spiro atoms. The van der Waals surface area contributed by atoms with Crippen molar-refractivity contribution in [2.24, 2.45) is 7.05 Å². The van der Waals surface area contributed by atoms with Gasteiger partial charge in [0.2, 0.25) is 0 Å². The number of amides is 1. The average Bonchev–Trinajstić information content (AvgIpc) is 3.34. The molecule has 0 aliphatic rings. The molecule has 0 fully saturated rings. The van der Waals surface area contributed by atoms with E-state index in [-0.39, 0.29) is 11.9 Å². The molecule has 6 nitrogen and oxygen atoms in total. The lowest BCUT2D eigenvalue weighted by atomic mass is 10.1. The number of carbonyl (C=O) groups excluding carboxylic acids is 1. The highest BCUT2D eigenvalue weighted by molar-refractivity contribution is 7.98. The molecule has 1 atom stereocenters. The molecule has 0 aliphatic carbocycles. The molecule has 0 bridgehead atoms. The van der Waals surface area contributed by atoms with E-state index in [1.54, 1.807) is 31.1 Å². The third kappa shape index (κ3) is 5.42. The third-order valence-corrected chi connectivity index (χ3v) is 5.49. The van der Waals surface area contributed by atoms with E-state index >= 15 is 0 Å². The second-order valence-electron chi connectivity index (χ2n) is 6.64. The maximum absolute atomic E-state index is 12.4. The third-order valence-electron chi connectivity index (χ3n) is 4.41. The molecule has 7 heteroatoms. The molecule has 3 rings (SSSR count). The zero-order chi connectivity index (χ0) is 19.9. The van der Waals surface area contributed by atoms with Gasteiger partial charge in [0.25, 0.3) is 5.91 Å². The van der Waals surface area contributed by atoms with Crippen molar-refractivity contribution in [2.75, 3.05) is 7.11 Å². The standard InChI is InChI=1S/C21H25N3O3S/c1-15(4-5-16-6-8-17(26-3)9-7-16)23-20(25)19-11-10-18(27-19)14-28-21-22-12-13-24(21)2/h6-13,15H,4-5,14H2,1-3H3,(H,23,25). The normalized spacial score (nSPS) is 12.0. The molecule has 0 aliphatic heterocycles. The second kappa shape index (κ2) is 9.50. The minimum atomic E-state index is -0.185. The number of nitrogens with zero attached hydrogens (tertiary/aromatic N) is 2. The number of hydrogen-bond donors (Lipinski definition) is 1. The van der Waals surface area contributed by atoms with Crippen LogP contribution < -0.4 is 10.1 Å². The number of nitrogens with one attached hydrogen (secondary N) is 1. The molecular formula is C21H25N3O3S. The van der Waals surface area contributed by atoms with Crippen molar-refractivity contribution in [2.45, 2.75) is 36.7 Å². The lowest BCUT2D eigenvalue weighted by Gasteiger charge is -2.13. The number of aryl methyl sites for hydroxylation is 2. The molecule has 0 saturated heterocycles. The predicted molar refractivity (Wildman–Crippen MR) is 110 cm³/mol. The fourth-order valence-corrected chi connectivity index (χ4v) is 3.57. The van der Waals surface area contributed by atoms with Gasteiger partial charge in [-0.3, -0.25) is 4.79 Å². The van der Waals surface area contributed by atoms with Gasteiger partial charge < -0.3 is 19.0 Å². The molecule has 1 amide bonds. The van der Waals surface area contributed by atoms with Crippen molar-refractivity contribution >= 4 is 17.7 Å². The summed E-state index contributed by atoms with van der Waals surface area (Å²) in [6.45, 7) is 2.00. The van der Waals surface area contributed by atoms with Crippen molar-refractivity contribution in [3.05, 3.63) is 65.9 Å². The minimum Gasteiger partial charge on any atom is -0.497 e. The predicted octanol–water partition coefficient (Wildman–Crippen LogP) is 4.07. The van der Waals surface area contributed by atoms with Crippen LogP contribution in [0.3, 0.4) is 0 Å². The van der Waals surface area contributed by atoms with E-state index in [1.165, 1.54) is 5.56 Å². The van der Waals surface area contributed by atoms with Crippen LogP contribution in [0, 0.1) is 0 Å². The Kier molecular flexibility index (Phi) is 6.81. The number of benzene rings is 1. The Hall–Kier alpha value is -2.67. The first kappa shape index (κ1) is 20.1. The van der Waals surface area contributed by atoms with Gasteiger partial charge in [0.15, 0.2) is 10.9 Å².